The maximum Gasteiger partial charge on any atom is 0.257 e. The predicted octanol–water partition coefficient (Wildman–Crippen LogP) is 4.69. The molecule has 0 saturated heterocycles. The Labute approximate surface area is 156 Å². The van der Waals surface area contributed by atoms with E-state index in [1.807, 2.05) is 6.92 Å². The van der Waals surface area contributed by atoms with E-state index in [-0.39, 0.29) is 18.4 Å². The number of rotatable bonds is 6. The third kappa shape index (κ3) is 5.00. The predicted molar refractivity (Wildman–Crippen MR) is 99.5 cm³/mol. The lowest BCUT2D eigenvalue weighted by Crippen LogP contribution is -2.38. The summed E-state index contributed by atoms with van der Waals surface area (Å²) in [6.45, 7) is 5.83. The van der Waals surface area contributed by atoms with Crippen molar-refractivity contribution in [2.45, 2.75) is 27.2 Å². The summed E-state index contributed by atoms with van der Waals surface area (Å²) in [6.07, 6.45) is 0.729. The van der Waals surface area contributed by atoms with E-state index in [4.69, 9.17) is 27.6 Å². The smallest absolute Gasteiger partial charge is 0.257 e. The number of benzene rings is 1. The Morgan fingerprint density at radius 1 is 1.20 bits per heavy atom. The van der Waals surface area contributed by atoms with Crippen molar-refractivity contribution in [2.75, 3.05) is 18.4 Å². The molecule has 1 aromatic heterocycles. The van der Waals surface area contributed by atoms with Crippen molar-refractivity contribution in [3.63, 3.8) is 0 Å². The van der Waals surface area contributed by atoms with E-state index in [2.05, 4.69) is 5.32 Å². The molecule has 2 rings (SSSR count). The molecule has 0 spiro atoms. The van der Waals surface area contributed by atoms with Crippen LogP contribution in [0.25, 0.3) is 0 Å². The Balaban J connectivity index is 2.12. The van der Waals surface area contributed by atoms with E-state index in [0.717, 1.165) is 6.42 Å². The van der Waals surface area contributed by atoms with Crippen LogP contribution in [0.15, 0.2) is 28.7 Å². The Bertz CT molecular complexity index is 787. The van der Waals surface area contributed by atoms with Crippen molar-refractivity contribution in [2.24, 2.45) is 0 Å². The minimum atomic E-state index is -0.344. The first kappa shape index (κ1) is 19.3. The first-order valence-corrected chi connectivity index (χ1v) is 8.68. The summed E-state index contributed by atoms with van der Waals surface area (Å²) in [5, 5.41) is 3.54. The molecule has 134 valence electrons. The van der Waals surface area contributed by atoms with Gasteiger partial charge in [-0.1, -0.05) is 30.1 Å². The number of amides is 2. The Morgan fingerprint density at radius 2 is 1.92 bits per heavy atom. The summed E-state index contributed by atoms with van der Waals surface area (Å²) < 4.78 is 5.41. The molecule has 0 aliphatic heterocycles. The maximum absolute atomic E-state index is 12.7. The van der Waals surface area contributed by atoms with Gasteiger partial charge in [0.1, 0.15) is 18.1 Å². The second-order valence-electron chi connectivity index (χ2n) is 5.73. The summed E-state index contributed by atoms with van der Waals surface area (Å²) in [5.74, 6) is 0.627. The second-order valence-corrected chi connectivity index (χ2v) is 6.57. The van der Waals surface area contributed by atoms with Crippen molar-refractivity contribution in [3.05, 3.63) is 51.4 Å². The summed E-state index contributed by atoms with van der Waals surface area (Å²) in [6, 6.07) is 6.49. The van der Waals surface area contributed by atoms with Crippen LogP contribution in [-0.4, -0.2) is 29.8 Å². The highest BCUT2D eigenvalue weighted by molar-refractivity contribution is 6.35. The highest BCUT2D eigenvalue weighted by Crippen LogP contribution is 2.25. The van der Waals surface area contributed by atoms with E-state index in [1.165, 1.54) is 4.90 Å². The van der Waals surface area contributed by atoms with Crippen LogP contribution in [0.3, 0.4) is 0 Å². The fraction of sp³-hybridized carbons (Fsp3) is 0.333. The lowest BCUT2D eigenvalue weighted by atomic mass is 10.2. The molecule has 0 unspecified atom stereocenters. The number of aryl methyl sites for hydroxylation is 2. The highest BCUT2D eigenvalue weighted by Gasteiger charge is 2.22. The van der Waals surface area contributed by atoms with Gasteiger partial charge in [-0.15, -0.1) is 0 Å². The number of nitrogens with one attached hydrogen (secondary N) is 1. The largest absolute Gasteiger partial charge is 0.466 e. The number of furan rings is 1. The number of anilines is 1. The molecule has 0 saturated carbocycles. The van der Waals surface area contributed by atoms with Crippen molar-refractivity contribution in [3.8, 4) is 0 Å². The fourth-order valence-corrected chi connectivity index (χ4v) is 2.83. The minimum Gasteiger partial charge on any atom is -0.466 e. The van der Waals surface area contributed by atoms with Crippen LogP contribution in [0.5, 0.6) is 0 Å². The molecule has 7 heteroatoms. The van der Waals surface area contributed by atoms with Gasteiger partial charge in [-0.25, -0.2) is 0 Å². The number of carbonyl (C=O) groups is 2. The summed E-state index contributed by atoms with van der Waals surface area (Å²) >= 11 is 12.0. The molecular weight excluding hydrogens is 363 g/mol. The van der Waals surface area contributed by atoms with Crippen molar-refractivity contribution in [1.29, 1.82) is 0 Å². The van der Waals surface area contributed by atoms with Gasteiger partial charge in [-0.3, -0.25) is 9.59 Å². The zero-order valence-electron chi connectivity index (χ0n) is 14.4. The molecule has 0 radical (unpaired) electrons. The van der Waals surface area contributed by atoms with E-state index < -0.39 is 0 Å². The summed E-state index contributed by atoms with van der Waals surface area (Å²) in [7, 11) is 0. The average Bonchev–Trinajstić information content (AvgIpc) is 2.88. The fourth-order valence-electron chi connectivity index (χ4n) is 2.49. The van der Waals surface area contributed by atoms with Gasteiger partial charge < -0.3 is 14.6 Å². The molecule has 0 atom stereocenters. The van der Waals surface area contributed by atoms with Gasteiger partial charge in [0, 0.05) is 11.6 Å². The molecule has 1 aromatic carbocycles. The molecule has 1 N–H and O–H groups in total. The SMILES string of the molecule is CCCN(CC(=O)Nc1cc(Cl)ccc1Cl)C(=O)c1cc(C)oc1C. The molecule has 2 aromatic rings. The lowest BCUT2D eigenvalue weighted by Gasteiger charge is -2.21. The lowest BCUT2D eigenvalue weighted by molar-refractivity contribution is -0.116. The number of hydrogen-bond acceptors (Lipinski definition) is 3. The normalized spacial score (nSPS) is 10.6. The van der Waals surface area contributed by atoms with Gasteiger partial charge in [0.15, 0.2) is 0 Å². The molecule has 0 bridgehead atoms. The van der Waals surface area contributed by atoms with Gasteiger partial charge >= 0.3 is 0 Å². The van der Waals surface area contributed by atoms with Gasteiger partial charge in [0.05, 0.1) is 16.3 Å². The Kier molecular flexibility index (Phi) is 6.51. The Morgan fingerprint density at radius 3 is 2.52 bits per heavy atom. The van der Waals surface area contributed by atoms with E-state index in [9.17, 15) is 9.59 Å². The van der Waals surface area contributed by atoms with Crippen LogP contribution in [0.2, 0.25) is 10.0 Å². The van der Waals surface area contributed by atoms with E-state index in [0.29, 0.717) is 39.4 Å². The zero-order chi connectivity index (χ0) is 18.6. The van der Waals surface area contributed by atoms with Crippen LogP contribution in [0.4, 0.5) is 5.69 Å². The minimum absolute atomic E-state index is 0.0841. The monoisotopic (exact) mass is 382 g/mol. The number of hydrogen-bond donors (Lipinski definition) is 1. The molecular formula is C18H20Cl2N2O3. The molecule has 25 heavy (non-hydrogen) atoms. The maximum atomic E-state index is 12.7. The molecule has 0 aliphatic carbocycles. The number of carbonyl (C=O) groups excluding carboxylic acids is 2. The van der Waals surface area contributed by atoms with E-state index >= 15 is 0 Å². The second kappa shape index (κ2) is 8.41. The summed E-state index contributed by atoms with van der Waals surface area (Å²) in [4.78, 5) is 26.6. The third-order valence-electron chi connectivity index (χ3n) is 3.59. The molecule has 0 fully saturated rings. The quantitative estimate of drug-likeness (QED) is 0.787. The summed E-state index contributed by atoms with van der Waals surface area (Å²) in [5.41, 5.74) is 0.887. The van der Waals surface area contributed by atoms with Gasteiger partial charge in [-0.2, -0.15) is 0 Å². The molecule has 2 amide bonds. The van der Waals surface area contributed by atoms with Crippen molar-refractivity contribution >= 4 is 40.7 Å². The zero-order valence-corrected chi connectivity index (χ0v) is 15.9. The average molecular weight is 383 g/mol. The Hall–Kier alpha value is -1.98. The number of halogens is 2. The van der Waals surface area contributed by atoms with Gasteiger partial charge in [-0.05, 0) is 44.5 Å². The van der Waals surface area contributed by atoms with Crippen molar-refractivity contribution < 1.29 is 14.0 Å². The first-order valence-electron chi connectivity index (χ1n) is 7.93. The number of nitrogens with zero attached hydrogens (tertiary/aromatic N) is 1. The van der Waals surface area contributed by atoms with Crippen molar-refractivity contribution in [1.82, 2.24) is 4.90 Å². The molecule has 0 aliphatic rings. The van der Waals surface area contributed by atoms with E-state index in [1.54, 1.807) is 38.1 Å². The first-order chi connectivity index (χ1) is 11.8. The topological polar surface area (TPSA) is 62.6 Å². The third-order valence-corrected chi connectivity index (χ3v) is 4.15. The van der Waals surface area contributed by atoms with Crippen LogP contribution in [0, 0.1) is 13.8 Å². The van der Waals surface area contributed by atoms with Gasteiger partial charge in [0.25, 0.3) is 5.91 Å². The van der Waals surface area contributed by atoms with Crippen LogP contribution in [-0.2, 0) is 4.79 Å². The van der Waals surface area contributed by atoms with Gasteiger partial charge in [0.2, 0.25) is 5.91 Å². The van der Waals surface area contributed by atoms with Crippen LogP contribution in [0.1, 0.15) is 35.2 Å². The molecule has 5 nitrogen and oxygen atoms in total. The van der Waals surface area contributed by atoms with Crippen LogP contribution < -0.4 is 5.32 Å². The molecule has 1 heterocycles. The highest BCUT2D eigenvalue weighted by atomic mass is 35.5. The van der Waals surface area contributed by atoms with Crippen LogP contribution >= 0.6 is 23.2 Å². The standard InChI is InChI=1S/C18H20Cl2N2O3/c1-4-7-22(18(24)14-8-11(2)25-12(14)3)10-17(23)21-16-9-13(19)5-6-15(16)20/h5-6,8-9H,4,7,10H2,1-3H3,(H,21,23).